The van der Waals surface area contributed by atoms with Crippen LogP contribution in [0, 0.1) is 0 Å². The molecule has 0 spiro atoms. The Bertz CT molecular complexity index is 1890. The molecule has 4 heterocycles. The summed E-state index contributed by atoms with van der Waals surface area (Å²) in [5.74, 6) is -1.41. The average Bonchev–Trinajstić information content (AvgIpc) is 3.54. The van der Waals surface area contributed by atoms with E-state index in [4.69, 9.17) is 5.11 Å². The minimum atomic E-state index is -1.00. The Kier molecular flexibility index (Phi) is 5.67. The molecule has 0 aliphatic carbocycles. The zero-order valence-corrected chi connectivity index (χ0v) is 19.7. The zero-order chi connectivity index (χ0) is 24.7. The molecule has 35 heavy (non-hydrogen) atoms. The molecule has 0 aliphatic heterocycles. The molecular formula is C25H16N2O6S2. The van der Waals surface area contributed by atoms with Crippen molar-refractivity contribution in [3.8, 4) is 0 Å². The fourth-order valence-corrected chi connectivity index (χ4v) is 5.71. The smallest absolute Gasteiger partial charge is 0.337 e. The fraction of sp³-hybridized carbons (Fsp3) is 0.0400. The van der Waals surface area contributed by atoms with Gasteiger partial charge in [-0.3, -0.25) is 9.59 Å². The van der Waals surface area contributed by atoms with E-state index in [2.05, 4.69) is 14.7 Å². The molecular weight excluding hydrogens is 488 g/mol. The van der Waals surface area contributed by atoms with Crippen LogP contribution < -0.4 is 11.1 Å². The number of carbonyl (C=O) groups excluding carboxylic acids is 1. The lowest BCUT2D eigenvalue weighted by Crippen LogP contribution is -2.06. The molecule has 0 fully saturated rings. The quantitative estimate of drug-likeness (QED) is 0.286. The number of ether oxygens (including phenoxy) is 1. The Morgan fingerprint density at radius 1 is 0.743 bits per heavy atom. The minimum absolute atomic E-state index is 0.138. The Morgan fingerprint density at radius 3 is 1.71 bits per heavy atom. The SMILES string of the molecule is COC(=O)c1ccc2c(c1)[nH]c(=O)c1ccsc12.O=C(O)c1ccc2c(c1)[nH]c(=O)c1ccsc12. The standard InChI is InChI=1S/C13H9NO3S.C12H7NO3S/c1-17-13(16)7-2-3-8-10(6-7)14-12(15)9-4-5-18-11(8)9;14-11-8-3-4-17-10(8)7-2-1-6(12(15)16)5-9(7)13-11/h2-6H,1H3,(H,14,15);1-5H,(H,13,14)(H,15,16). The van der Waals surface area contributed by atoms with Gasteiger partial charge in [-0.1, -0.05) is 12.1 Å². The fourth-order valence-electron chi connectivity index (χ4n) is 3.84. The van der Waals surface area contributed by atoms with Gasteiger partial charge in [0.15, 0.2) is 0 Å². The Hall–Kier alpha value is -4.28. The number of aromatic nitrogens is 2. The second-order valence-electron chi connectivity index (χ2n) is 7.55. The van der Waals surface area contributed by atoms with E-state index in [0.717, 1.165) is 20.2 Å². The number of aromatic carboxylic acids is 1. The van der Waals surface area contributed by atoms with Gasteiger partial charge in [-0.2, -0.15) is 0 Å². The number of aromatic amines is 2. The van der Waals surface area contributed by atoms with Gasteiger partial charge in [0.05, 0.1) is 40.0 Å². The molecule has 174 valence electrons. The van der Waals surface area contributed by atoms with Crippen LogP contribution >= 0.6 is 22.7 Å². The summed E-state index contributed by atoms with van der Waals surface area (Å²) < 4.78 is 6.48. The molecule has 0 saturated carbocycles. The molecule has 0 amide bonds. The Morgan fingerprint density at radius 2 is 1.23 bits per heavy atom. The van der Waals surface area contributed by atoms with Crippen LogP contribution in [0.25, 0.3) is 42.0 Å². The summed E-state index contributed by atoms with van der Waals surface area (Å²) in [5, 5.41) is 15.8. The van der Waals surface area contributed by atoms with Crippen LogP contribution in [0.3, 0.4) is 0 Å². The maximum Gasteiger partial charge on any atom is 0.337 e. The number of methoxy groups -OCH3 is 1. The van der Waals surface area contributed by atoms with Crippen molar-refractivity contribution in [1.82, 2.24) is 9.97 Å². The monoisotopic (exact) mass is 504 g/mol. The molecule has 6 rings (SSSR count). The van der Waals surface area contributed by atoms with Crippen molar-refractivity contribution in [2.75, 3.05) is 7.11 Å². The van der Waals surface area contributed by atoms with Crippen molar-refractivity contribution in [2.24, 2.45) is 0 Å². The summed E-state index contributed by atoms with van der Waals surface area (Å²) in [7, 11) is 1.33. The summed E-state index contributed by atoms with van der Waals surface area (Å²) in [6.07, 6.45) is 0. The van der Waals surface area contributed by atoms with Gasteiger partial charge in [0, 0.05) is 20.2 Å². The number of carbonyl (C=O) groups is 2. The second kappa shape index (κ2) is 8.82. The van der Waals surface area contributed by atoms with E-state index in [-0.39, 0.29) is 16.7 Å². The Balaban J connectivity index is 0.000000145. The molecule has 0 aliphatic rings. The number of benzene rings is 2. The predicted molar refractivity (Wildman–Crippen MR) is 138 cm³/mol. The largest absolute Gasteiger partial charge is 0.478 e. The van der Waals surface area contributed by atoms with E-state index in [1.165, 1.54) is 35.8 Å². The molecule has 0 saturated heterocycles. The van der Waals surface area contributed by atoms with E-state index < -0.39 is 11.9 Å². The highest BCUT2D eigenvalue weighted by Gasteiger charge is 2.11. The van der Waals surface area contributed by atoms with Crippen molar-refractivity contribution >= 4 is 76.6 Å². The van der Waals surface area contributed by atoms with Gasteiger partial charge in [-0.05, 0) is 47.2 Å². The highest BCUT2D eigenvalue weighted by atomic mass is 32.1. The first-order chi connectivity index (χ1) is 16.9. The maximum atomic E-state index is 11.8. The molecule has 3 N–H and O–H groups in total. The number of esters is 1. The summed E-state index contributed by atoms with van der Waals surface area (Å²) >= 11 is 2.99. The number of thiophene rings is 2. The first-order valence-electron chi connectivity index (χ1n) is 10.3. The lowest BCUT2D eigenvalue weighted by molar-refractivity contribution is 0.0600. The third kappa shape index (κ3) is 3.98. The van der Waals surface area contributed by atoms with Gasteiger partial charge < -0.3 is 19.8 Å². The first-order valence-corrected chi connectivity index (χ1v) is 12.0. The third-order valence-electron chi connectivity index (χ3n) is 5.51. The van der Waals surface area contributed by atoms with Gasteiger partial charge in [-0.25, -0.2) is 9.59 Å². The van der Waals surface area contributed by atoms with Gasteiger partial charge in [-0.15, -0.1) is 22.7 Å². The highest BCUT2D eigenvalue weighted by Crippen LogP contribution is 2.27. The van der Waals surface area contributed by atoms with E-state index in [9.17, 15) is 19.2 Å². The number of H-pyrrole nitrogens is 2. The van der Waals surface area contributed by atoms with Crippen molar-refractivity contribution in [3.05, 3.63) is 91.1 Å². The number of carboxylic acids is 1. The van der Waals surface area contributed by atoms with Crippen molar-refractivity contribution in [1.29, 1.82) is 0 Å². The molecule has 2 aromatic carbocycles. The van der Waals surface area contributed by atoms with Crippen molar-refractivity contribution in [3.63, 3.8) is 0 Å². The summed E-state index contributed by atoms with van der Waals surface area (Å²) in [4.78, 5) is 51.4. The summed E-state index contributed by atoms with van der Waals surface area (Å²) in [6.45, 7) is 0. The summed E-state index contributed by atoms with van der Waals surface area (Å²) in [5.41, 5.74) is 1.49. The molecule has 0 atom stereocenters. The van der Waals surface area contributed by atoms with Crippen LogP contribution in [0.4, 0.5) is 0 Å². The van der Waals surface area contributed by atoms with Crippen molar-refractivity contribution in [2.45, 2.75) is 0 Å². The lowest BCUT2D eigenvalue weighted by Gasteiger charge is -2.03. The highest BCUT2D eigenvalue weighted by molar-refractivity contribution is 7.18. The Labute approximate surface area is 204 Å². The number of rotatable bonds is 2. The number of hydrogen-bond acceptors (Lipinski definition) is 7. The third-order valence-corrected chi connectivity index (χ3v) is 7.41. The topological polar surface area (TPSA) is 129 Å². The van der Waals surface area contributed by atoms with Crippen LogP contribution in [-0.2, 0) is 4.74 Å². The lowest BCUT2D eigenvalue weighted by atomic mass is 10.1. The van der Waals surface area contributed by atoms with Crippen molar-refractivity contribution < 1.29 is 19.4 Å². The number of fused-ring (bicyclic) bond motifs is 6. The van der Waals surface area contributed by atoms with Gasteiger partial charge >= 0.3 is 11.9 Å². The molecule has 0 unspecified atom stereocenters. The summed E-state index contributed by atoms with van der Waals surface area (Å²) in [6, 6.07) is 13.5. The van der Waals surface area contributed by atoms with E-state index in [1.807, 2.05) is 16.8 Å². The van der Waals surface area contributed by atoms with Crippen LogP contribution in [0.1, 0.15) is 20.7 Å². The molecule has 8 nitrogen and oxygen atoms in total. The number of pyridine rings is 2. The zero-order valence-electron chi connectivity index (χ0n) is 18.1. The average molecular weight is 505 g/mol. The number of nitrogens with one attached hydrogen (secondary N) is 2. The van der Waals surface area contributed by atoms with Crippen LogP contribution in [-0.4, -0.2) is 34.1 Å². The van der Waals surface area contributed by atoms with Gasteiger partial charge in [0.2, 0.25) is 0 Å². The molecule has 10 heteroatoms. The van der Waals surface area contributed by atoms with Crippen LogP contribution in [0.2, 0.25) is 0 Å². The normalized spacial score (nSPS) is 11.0. The van der Waals surface area contributed by atoms with Gasteiger partial charge in [0.25, 0.3) is 11.1 Å². The second-order valence-corrected chi connectivity index (χ2v) is 9.38. The van der Waals surface area contributed by atoms with Crippen LogP contribution in [0.15, 0.2) is 68.9 Å². The van der Waals surface area contributed by atoms with E-state index in [1.54, 1.807) is 36.4 Å². The molecule has 0 radical (unpaired) electrons. The van der Waals surface area contributed by atoms with E-state index in [0.29, 0.717) is 27.4 Å². The molecule has 6 aromatic rings. The predicted octanol–water partition coefficient (Wildman–Crippen LogP) is 4.97. The number of carboxylic acid groups (broad SMARTS) is 1. The maximum absolute atomic E-state index is 11.8. The van der Waals surface area contributed by atoms with Gasteiger partial charge in [0.1, 0.15) is 0 Å². The minimum Gasteiger partial charge on any atom is -0.478 e. The molecule has 0 bridgehead atoms. The van der Waals surface area contributed by atoms with E-state index >= 15 is 0 Å². The first kappa shape index (κ1) is 22.5. The number of hydrogen-bond donors (Lipinski definition) is 3. The van der Waals surface area contributed by atoms with Crippen LogP contribution in [0.5, 0.6) is 0 Å². The molecule has 4 aromatic heterocycles.